The molecule has 3 N–H and O–H groups in total. The zero-order valence-electron chi connectivity index (χ0n) is 37.2. The van der Waals surface area contributed by atoms with E-state index in [9.17, 15) is 24.9 Å². The third-order valence-electron chi connectivity index (χ3n) is 15.9. The van der Waals surface area contributed by atoms with Gasteiger partial charge in [-0.25, -0.2) is 0 Å². The average Bonchev–Trinajstić information content (AvgIpc) is 4.02. The molecule has 8 saturated heterocycles. The first kappa shape index (κ1) is 44.4. The minimum absolute atomic E-state index is 0.0222. The van der Waals surface area contributed by atoms with Gasteiger partial charge in [0, 0.05) is 38.5 Å². The predicted molar refractivity (Wildman–Crippen MR) is 218 cm³/mol. The predicted octanol–water partition coefficient (Wildman–Crippen LogP) is 5.25. The van der Waals surface area contributed by atoms with Crippen LogP contribution in [0.2, 0.25) is 0 Å². The van der Waals surface area contributed by atoms with Gasteiger partial charge in [0.25, 0.3) is 0 Å². The summed E-state index contributed by atoms with van der Waals surface area (Å²) in [4.78, 5) is 28.0. The Hall–Kier alpha value is -1.82. The first-order valence-corrected chi connectivity index (χ1v) is 23.3. The van der Waals surface area contributed by atoms with Crippen LogP contribution in [-0.2, 0) is 52.2 Å². The minimum Gasteiger partial charge on any atom is -0.459 e. The molecule has 61 heavy (non-hydrogen) atoms. The molecular weight excluding hydrogens is 789 g/mol. The summed E-state index contributed by atoms with van der Waals surface area (Å²) in [5, 5.41) is 34.8. The SMILES string of the molecule is CC1=C\[C@H](C)C[C@]2(C)CC[C@H](O2)[C@]23CC[C@@](C)(C[C@@H](O2)[C@@H]2O[C@@](C)(CC2=O)[C@H](O)[C@@H]2CC[C@@]4(CCC[C@@H](O4)[C@@H](C)C(=O)O[C@@H]4C[C@@H]([C@]5(O)OCCC(C)[C@@H]5O)O[C@@H]4/C=C\1)O2)O3. The molecule has 342 valence electrons. The van der Waals surface area contributed by atoms with Gasteiger partial charge in [-0.15, -0.1) is 0 Å². The fraction of sp³-hybridized carbons (Fsp3) is 0.872. The fourth-order valence-electron chi connectivity index (χ4n) is 12.5. The van der Waals surface area contributed by atoms with Gasteiger partial charge < -0.3 is 58.0 Å². The molecule has 0 amide bonds. The molecule has 0 radical (unpaired) electrons. The number of hydrogen-bond acceptors (Lipinski definition) is 14. The lowest BCUT2D eigenvalue weighted by Crippen LogP contribution is -2.59. The monoisotopic (exact) mass is 858 g/mol. The Labute approximate surface area is 360 Å². The Morgan fingerprint density at radius 1 is 0.754 bits per heavy atom. The van der Waals surface area contributed by atoms with E-state index in [0.717, 1.165) is 37.7 Å². The summed E-state index contributed by atoms with van der Waals surface area (Å²) in [6.45, 7) is 14.1. The molecule has 0 saturated carbocycles. The number of ether oxygens (including phenoxy) is 9. The van der Waals surface area contributed by atoms with Crippen molar-refractivity contribution in [1.29, 1.82) is 0 Å². The minimum atomic E-state index is -1.95. The molecule has 8 fully saturated rings. The Morgan fingerprint density at radius 2 is 1.54 bits per heavy atom. The molecule has 0 aromatic heterocycles. The smallest absolute Gasteiger partial charge is 0.311 e. The number of allylic oxidation sites excluding steroid dienone is 3. The summed E-state index contributed by atoms with van der Waals surface area (Å²) in [6, 6.07) is 0. The summed E-state index contributed by atoms with van der Waals surface area (Å²) in [7, 11) is 0. The van der Waals surface area contributed by atoms with Gasteiger partial charge in [-0.3, -0.25) is 9.59 Å². The standard InChI is InChI=1S/C47H70O14/c1-26-10-11-32-34(22-37(54-32)47(52)39(49)28(3)14-20-53-47)55-41(51)29(4)31-9-8-15-45(56-31)17-12-33(57-45)40(50)44(7)24-30(48)38(60-44)35-25-43(6)18-19-46(58-35,61-43)36-13-16-42(5,59-36)23-27(2)21-26/h10-11,21,27-29,31-40,49-50,52H,8-9,12-20,22-25H2,1-7H3/b11-10-,26-21+/t27-,28?,29+,31+,32+,33-,34+,35+,36-,37-,38+,39-,40+,42-,43-,44-,45+,46+,47-/m0/s1. The number of esters is 1. The van der Waals surface area contributed by atoms with Gasteiger partial charge >= 0.3 is 5.97 Å². The van der Waals surface area contributed by atoms with Crippen molar-refractivity contribution in [2.45, 2.75) is 234 Å². The molecule has 0 aromatic carbocycles. The van der Waals surface area contributed by atoms with Crippen molar-refractivity contribution in [3.05, 3.63) is 23.8 Å². The van der Waals surface area contributed by atoms with Crippen LogP contribution in [0.5, 0.6) is 0 Å². The maximum atomic E-state index is 14.1. The number of rotatable bonds is 1. The molecule has 0 aromatic rings. The number of fused-ring (bicyclic) bond motifs is 10. The number of ketones is 1. The van der Waals surface area contributed by atoms with Crippen molar-refractivity contribution in [3.8, 4) is 0 Å². The molecule has 9 heterocycles. The van der Waals surface area contributed by atoms with E-state index in [0.29, 0.717) is 44.9 Å². The highest BCUT2D eigenvalue weighted by Crippen LogP contribution is 2.55. The van der Waals surface area contributed by atoms with E-state index >= 15 is 0 Å². The molecule has 9 rings (SSSR count). The van der Waals surface area contributed by atoms with E-state index in [2.05, 4.69) is 26.8 Å². The van der Waals surface area contributed by atoms with Gasteiger partial charge in [0.2, 0.25) is 5.79 Å². The maximum Gasteiger partial charge on any atom is 0.311 e. The molecule has 10 bridgehead atoms. The number of Topliss-reactive ketones (excluding diaryl/α,β-unsaturated/α-hetero) is 1. The van der Waals surface area contributed by atoms with Gasteiger partial charge in [0.05, 0.1) is 42.0 Å². The maximum absolute atomic E-state index is 14.1. The summed E-state index contributed by atoms with van der Waals surface area (Å²) in [6.07, 6.45) is 6.36. The van der Waals surface area contributed by atoms with Crippen LogP contribution in [-0.4, -0.2) is 129 Å². The van der Waals surface area contributed by atoms with Crippen molar-refractivity contribution in [3.63, 3.8) is 0 Å². The topological polar surface area (TPSA) is 178 Å². The molecule has 14 nitrogen and oxygen atoms in total. The highest BCUT2D eigenvalue weighted by molar-refractivity contribution is 5.86. The molecule has 14 heteroatoms. The second-order valence-corrected chi connectivity index (χ2v) is 21.3. The number of aliphatic hydroxyl groups is 3. The quantitative estimate of drug-likeness (QED) is 0.291. The highest BCUT2D eigenvalue weighted by atomic mass is 16.8. The average molecular weight is 859 g/mol. The Balaban J connectivity index is 1.00. The van der Waals surface area contributed by atoms with E-state index in [4.69, 9.17) is 42.6 Å². The first-order valence-electron chi connectivity index (χ1n) is 23.3. The van der Waals surface area contributed by atoms with Crippen LogP contribution in [0.15, 0.2) is 23.8 Å². The van der Waals surface area contributed by atoms with E-state index < -0.39 is 101 Å². The fourth-order valence-corrected chi connectivity index (χ4v) is 12.5. The number of hydrogen-bond donors (Lipinski definition) is 3. The van der Waals surface area contributed by atoms with Crippen LogP contribution in [0.4, 0.5) is 0 Å². The van der Waals surface area contributed by atoms with Gasteiger partial charge in [0.15, 0.2) is 17.4 Å². The van der Waals surface area contributed by atoms with E-state index in [1.54, 1.807) is 13.8 Å². The normalized spacial score (nSPS) is 55.7. The molecule has 1 unspecified atom stereocenters. The first-order chi connectivity index (χ1) is 28.7. The van der Waals surface area contributed by atoms with Gasteiger partial charge in [-0.2, -0.15) is 0 Å². The van der Waals surface area contributed by atoms with Crippen molar-refractivity contribution < 1.29 is 67.5 Å². The van der Waals surface area contributed by atoms with Crippen molar-refractivity contribution in [2.75, 3.05) is 6.61 Å². The Kier molecular flexibility index (Phi) is 11.6. The lowest BCUT2D eigenvalue weighted by Gasteiger charge is -2.47. The van der Waals surface area contributed by atoms with E-state index in [-0.39, 0.29) is 43.2 Å². The largest absolute Gasteiger partial charge is 0.459 e. The van der Waals surface area contributed by atoms with Crippen molar-refractivity contribution in [2.24, 2.45) is 17.8 Å². The molecule has 0 aliphatic carbocycles. The van der Waals surface area contributed by atoms with Crippen LogP contribution in [0.3, 0.4) is 0 Å². The summed E-state index contributed by atoms with van der Waals surface area (Å²) in [5.41, 5.74) is -1.17. The second kappa shape index (κ2) is 16.0. The van der Waals surface area contributed by atoms with Crippen LogP contribution in [0, 0.1) is 17.8 Å². The Morgan fingerprint density at radius 3 is 2.34 bits per heavy atom. The van der Waals surface area contributed by atoms with Crippen LogP contribution >= 0.6 is 0 Å². The summed E-state index contributed by atoms with van der Waals surface area (Å²) < 4.78 is 59.0. The van der Waals surface area contributed by atoms with Crippen molar-refractivity contribution >= 4 is 11.8 Å². The number of aliphatic hydroxyl groups excluding tert-OH is 2. The molecular formula is C47H70O14. The third kappa shape index (κ3) is 8.14. The zero-order chi connectivity index (χ0) is 43.3. The van der Waals surface area contributed by atoms with Crippen LogP contribution < -0.4 is 0 Å². The zero-order valence-corrected chi connectivity index (χ0v) is 37.2. The van der Waals surface area contributed by atoms with Crippen LogP contribution in [0.1, 0.15) is 138 Å². The van der Waals surface area contributed by atoms with Gasteiger partial charge in [0.1, 0.15) is 48.3 Å². The number of carbonyl (C=O) groups is 2. The van der Waals surface area contributed by atoms with E-state index in [1.807, 2.05) is 26.0 Å². The molecule has 9 aliphatic heterocycles. The molecule has 2 spiro atoms. The van der Waals surface area contributed by atoms with Crippen LogP contribution in [0.25, 0.3) is 0 Å². The lowest BCUT2D eigenvalue weighted by molar-refractivity contribution is -0.359. The van der Waals surface area contributed by atoms with E-state index in [1.165, 1.54) is 0 Å². The molecule has 19 atom stereocenters. The van der Waals surface area contributed by atoms with Gasteiger partial charge in [-0.05, 0) is 97.8 Å². The summed E-state index contributed by atoms with van der Waals surface area (Å²) >= 11 is 0. The second-order valence-electron chi connectivity index (χ2n) is 21.3. The summed E-state index contributed by atoms with van der Waals surface area (Å²) in [5.74, 6) is -5.28. The molecule has 9 aliphatic rings. The lowest BCUT2D eigenvalue weighted by atomic mass is 9.87. The highest BCUT2D eigenvalue weighted by Gasteiger charge is 2.65. The van der Waals surface area contributed by atoms with Crippen molar-refractivity contribution in [1.82, 2.24) is 0 Å². The van der Waals surface area contributed by atoms with Gasteiger partial charge in [-0.1, -0.05) is 37.6 Å². The third-order valence-corrected chi connectivity index (χ3v) is 15.9. The Bertz CT molecular complexity index is 1750. The number of carbonyl (C=O) groups excluding carboxylic acids is 2.